The topological polar surface area (TPSA) is 29.5 Å². The number of quaternary nitrogens is 1. The second kappa shape index (κ2) is 14.4. The lowest BCUT2D eigenvalue weighted by molar-refractivity contribution is -1.10. The summed E-state index contributed by atoms with van der Waals surface area (Å²) in [6.45, 7) is 8.53. The molecule has 0 aromatic rings. The van der Waals surface area contributed by atoms with E-state index in [4.69, 9.17) is 4.84 Å². The number of hydrogen-bond donors (Lipinski definition) is 0. The third-order valence-electron chi connectivity index (χ3n) is 6.75. The van der Waals surface area contributed by atoms with Crippen LogP contribution in [0.2, 0.25) is 0 Å². The van der Waals surface area contributed by atoms with Gasteiger partial charge in [-0.1, -0.05) is 96.8 Å². The molecule has 0 atom stereocenters. The number of nitrogens with zero attached hydrogens (tertiary/aromatic N) is 2. The minimum atomic E-state index is 0.0324. The molecule has 28 heavy (non-hydrogen) atoms. The first-order valence-corrected chi connectivity index (χ1v) is 12.5. The molecule has 0 aromatic heterocycles. The third kappa shape index (κ3) is 9.73. The van der Waals surface area contributed by atoms with Gasteiger partial charge >= 0.3 is 5.97 Å². The average Bonchev–Trinajstić information content (AvgIpc) is 2.72. The number of fused-ring (bicyclic) bond motifs is 3. The summed E-state index contributed by atoms with van der Waals surface area (Å²) < 4.78 is 0.605. The molecule has 0 spiro atoms. The van der Waals surface area contributed by atoms with E-state index in [9.17, 15) is 4.79 Å². The van der Waals surface area contributed by atoms with E-state index in [1.807, 2.05) is 0 Å². The molecule has 3 rings (SSSR count). The lowest BCUT2D eigenvalue weighted by Crippen LogP contribution is -2.67. The van der Waals surface area contributed by atoms with Gasteiger partial charge in [-0.15, -0.1) is 4.65 Å². The SMILES string of the molecule is CCCCCCCCCCCCCCCCCC(=O)O[N+]12CCN(CC1)CC2. The monoisotopic (exact) mass is 395 g/mol. The molecule has 0 saturated carbocycles. The Balaban J connectivity index is 1.31. The van der Waals surface area contributed by atoms with Gasteiger partial charge in [-0.25, -0.2) is 4.79 Å². The highest BCUT2D eigenvalue weighted by Gasteiger charge is 2.42. The quantitative estimate of drug-likeness (QED) is 0.228. The van der Waals surface area contributed by atoms with Crippen LogP contribution in [-0.2, 0) is 9.63 Å². The summed E-state index contributed by atoms with van der Waals surface area (Å²) in [5.74, 6) is 0.0324. The zero-order chi connectivity index (χ0) is 19.9. The van der Waals surface area contributed by atoms with E-state index < -0.39 is 0 Å². The highest BCUT2D eigenvalue weighted by atomic mass is 16.7. The molecule has 3 fully saturated rings. The molecule has 4 nitrogen and oxygen atoms in total. The summed E-state index contributed by atoms with van der Waals surface area (Å²) >= 11 is 0. The Kier molecular flexibility index (Phi) is 12.2. The molecule has 0 aromatic carbocycles. The van der Waals surface area contributed by atoms with Gasteiger partial charge in [0.05, 0.1) is 26.1 Å². The van der Waals surface area contributed by atoms with Crippen LogP contribution in [0.5, 0.6) is 0 Å². The van der Waals surface area contributed by atoms with Gasteiger partial charge in [0.25, 0.3) is 0 Å². The number of carbonyl (C=O) groups is 1. The fourth-order valence-corrected chi connectivity index (χ4v) is 4.68. The van der Waals surface area contributed by atoms with Crippen molar-refractivity contribution in [1.29, 1.82) is 0 Å². The molecular weight excluding hydrogens is 348 g/mol. The Labute approximate surface area is 174 Å². The summed E-state index contributed by atoms with van der Waals surface area (Å²) in [4.78, 5) is 20.5. The van der Waals surface area contributed by atoms with E-state index in [0.29, 0.717) is 11.1 Å². The second-order valence-corrected chi connectivity index (χ2v) is 9.23. The zero-order valence-corrected chi connectivity index (χ0v) is 18.8. The van der Waals surface area contributed by atoms with E-state index in [1.54, 1.807) is 0 Å². The largest absolute Gasteiger partial charge is 0.366 e. The smallest absolute Gasteiger partial charge is 0.286 e. The van der Waals surface area contributed by atoms with Crippen molar-refractivity contribution in [3.8, 4) is 0 Å². The second-order valence-electron chi connectivity index (χ2n) is 9.23. The molecule has 4 heteroatoms. The summed E-state index contributed by atoms with van der Waals surface area (Å²) in [6, 6.07) is 0. The number of hydroxylamine groups is 3. The fourth-order valence-electron chi connectivity index (χ4n) is 4.68. The summed E-state index contributed by atoms with van der Waals surface area (Å²) in [5.41, 5.74) is 0. The Morgan fingerprint density at radius 2 is 1.07 bits per heavy atom. The molecule has 3 saturated heterocycles. The third-order valence-corrected chi connectivity index (χ3v) is 6.75. The van der Waals surface area contributed by atoms with Crippen molar-refractivity contribution >= 4 is 5.97 Å². The molecule has 3 heterocycles. The molecule has 3 aliphatic rings. The van der Waals surface area contributed by atoms with Crippen LogP contribution in [0.25, 0.3) is 0 Å². The highest BCUT2D eigenvalue weighted by Crippen LogP contribution is 2.21. The van der Waals surface area contributed by atoms with Crippen LogP contribution in [0.4, 0.5) is 0 Å². The van der Waals surface area contributed by atoms with E-state index in [0.717, 1.165) is 45.7 Å². The molecule has 0 aliphatic carbocycles. The Bertz CT molecular complexity index is 392. The van der Waals surface area contributed by atoms with Gasteiger partial charge in [-0.3, -0.25) is 9.74 Å². The highest BCUT2D eigenvalue weighted by molar-refractivity contribution is 5.68. The first kappa shape index (κ1) is 23.7. The van der Waals surface area contributed by atoms with Gasteiger partial charge in [0.1, 0.15) is 19.6 Å². The lowest BCUT2D eigenvalue weighted by Gasteiger charge is -2.46. The van der Waals surface area contributed by atoms with Crippen molar-refractivity contribution < 1.29 is 14.3 Å². The van der Waals surface area contributed by atoms with Crippen LogP contribution in [-0.4, -0.2) is 54.8 Å². The molecule has 0 radical (unpaired) electrons. The number of piperazine rings is 3. The predicted molar refractivity (Wildman–Crippen MR) is 117 cm³/mol. The van der Waals surface area contributed by atoms with Crippen LogP contribution >= 0.6 is 0 Å². The summed E-state index contributed by atoms with van der Waals surface area (Å²) in [6.07, 6.45) is 21.0. The number of hydrogen-bond acceptors (Lipinski definition) is 3. The first-order chi connectivity index (χ1) is 13.7. The van der Waals surface area contributed by atoms with Crippen molar-refractivity contribution in [2.75, 3.05) is 39.3 Å². The van der Waals surface area contributed by atoms with Gasteiger partial charge in [0.2, 0.25) is 0 Å². The Morgan fingerprint density at radius 1 is 0.679 bits per heavy atom. The van der Waals surface area contributed by atoms with Crippen LogP contribution in [0, 0.1) is 0 Å². The summed E-state index contributed by atoms with van der Waals surface area (Å²) in [5, 5.41) is 0. The number of carbonyl (C=O) groups excluding carboxylic acids is 1. The van der Waals surface area contributed by atoms with Crippen LogP contribution < -0.4 is 0 Å². The number of rotatable bonds is 17. The molecule has 164 valence electrons. The van der Waals surface area contributed by atoms with Crippen LogP contribution in [0.3, 0.4) is 0 Å². The van der Waals surface area contributed by atoms with Crippen molar-refractivity contribution in [3.63, 3.8) is 0 Å². The standard InChI is InChI=1S/C24H47N2O2/c1-2-3-4-5-6-7-8-9-10-11-12-13-14-15-16-17-24(27)28-26-21-18-25(19-22-26)20-23-26/h2-23H2,1H3/q+1. The predicted octanol–water partition coefficient (Wildman–Crippen LogP) is 5.85. The van der Waals surface area contributed by atoms with Gasteiger partial charge in [0, 0.05) is 0 Å². The molecule has 0 N–H and O–H groups in total. The maximum Gasteiger partial charge on any atom is 0.366 e. The first-order valence-electron chi connectivity index (χ1n) is 12.5. The van der Waals surface area contributed by atoms with Crippen molar-refractivity contribution in [3.05, 3.63) is 0 Å². The van der Waals surface area contributed by atoms with E-state index in [2.05, 4.69) is 11.8 Å². The van der Waals surface area contributed by atoms with Crippen molar-refractivity contribution in [1.82, 2.24) is 4.90 Å². The Morgan fingerprint density at radius 3 is 1.50 bits per heavy atom. The minimum absolute atomic E-state index is 0.0324. The van der Waals surface area contributed by atoms with Gasteiger partial charge in [-0.2, -0.15) is 0 Å². The molecule has 0 unspecified atom stereocenters. The molecule has 3 aliphatic heterocycles. The van der Waals surface area contributed by atoms with Crippen LogP contribution in [0.15, 0.2) is 0 Å². The van der Waals surface area contributed by atoms with Gasteiger partial charge in [-0.05, 0) is 6.42 Å². The maximum absolute atomic E-state index is 12.2. The molecule has 2 bridgehead atoms. The fraction of sp³-hybridized carbons (Fsp3) is 0.958. The van der Waals surface area contributed by atoms with E-state index >= 15 is 0 Å². The van der Waals surface area contributed by atoms with Crippen molar-refractivity contribution in [2.24, 2.45) is 0 Å². The molecular formula is C24H47N2O2+. The maximum atomic E-state index is 12.2. The number of unbranched alkanes of at least 4 members (excludes halogenated alkanes) is 14. The average molecular weight is 396 g/mol. The molecule has 0 amide bonds. The van der Waals surface area contributed by atoms with Gasteiger partial charge in [0.15, 0.2) is 0 Å². The Hall–Kier alpha value is -0.610. The summed E-state index contributed by atoms with van der Waals surface area (Å²) in [7, 11) is 0. The lowest BCUT2D eigenvalue weighted by atomic mass is 10.0. The normalized spacial score (nSPS) is 23.8. The van der Waals surface area contributed by atoms with Crippen molar-refractivity contribution in [2.45, 2.75) is 110 Å². The van der Waals surface area contributed by atoms with Crippen LogP contribution in [0.1, 0.15) is 110 Å². The van der Waals surface area contributed by atoms with E-state index in [-0.39, 0.29) is 5.97 Å². The van der Waals surface area contributed by atoms with Gasteiger partial charge < -0.3 is 0 Å². The van der Waals surface area contributed by atoms with E-state index in [1.165, 1.54) is 89.9 Å². The minimum Gasteiger partial charge on any atom is -0.286 e. The zero-order valence-electron chi connectivity index (χ0n) is 18.8.